The van der Waals surface area contributed by atoms with Crippen molar-refractivity contribution in [2.24, 2.45) is 5.41 Å². The minimum Gasteiger partial charge on any atom is -0.377 e. The molecule has 0 N–H and O–H groups in total. The van der Waals surface area contributed by atoms with Crippen LogP contribution in [0.1, 0.15) is 27.2 Å². The highest BCUT2D eigenvalue weighted by Gasteiger charge is 2.23. The van der Waals surface area contributed by atoms with Crippen LogP contribution in [0.2, 0.25) is 0 Å². The Bertz CT molecular complexity index is 214. The lowest BCUT2D eigenvalue weighted by Crippen LogP contribution is -2.45. The molecule has 0 amide bonds. The first-order valence-corrected chi connectivity index (χ1v) is 5.24. The van der Waals surface area contributed by atoms with E-state index in [0.29, 0.717) is 12.0 Å². The Labute approximate surface area is 86.6 Å². The zero-order valence-corrected chi connectivity index (χ0v) is 9.42. The molecule has 1 aliphatic rings. The summed E-state index contributed by atoms with van der Waals surface area (Å²) in [5, 5.41) is 8.92. The molecule has 3 heteroatoms. The van der Waals surface area contributed by atoms with Gasteiger partial charge in [0.25, 0.3) is 0 Å². The van der Waals surface area contributed by atoms with E-state index in [-0.39, 0.29) is 6.04 Å². The topological polar surface area (TPSA) is 36.3 Å². The van der Waals surface area contributed by atoms with Crippen molar-refractivity contribution in [1.29, 1.82) is 5.26 Å². The molecule has 0 aromatic rings. The predicted octanol–water partition coefficient (Wildman–Crippen LogP) is 1.65. The van der Waals surface area contributed by atoms with Gasteiger partial charge in [0.05, 0.1) is 19.3 Å². The largest absolute Gasteiger partial charge is 0.377 e. The van der Waals surface area contributed by atoms with Crippen LogP contribution in [0.3, 0.4) is 0 Å². The van der Waals surface area contributed by atoms with Gasteiger partial charge in [-0.3, -0.25) is 4.90 Å². The number of ether oxygens (including phenoxy) is 1. The van der Waals surface area contributed by atoms with Crippen LogP contribution < -0.4 is 0 Å². The summed E-state index contributed by atoms with van der Waals surface area (Å²) in [6.07, 6.45) is 1.13. The molecule has 1 aliphatic heterocycles. The van der Waals surface area contributed by atoms with E-state index in [9.17, 15) is 0 Å². The van der Waals surface area contributed by atoms with Crippen molar-refractivity contribution in [2.75, 3.05) is 26.3 Å². The first-order chi connectivity index (χ1) is 6.53. The summed E-state index contributed by atoms with van der Waals surface area (Å²) >= 11 is 0. The number of morpholine rings is 1. The van der Waals surface area contributed by atoms with Crippen molar-refractivity contribution < 1.29 is 4.74 Å². The van der Waals surface area contributed by atoms with Crippen molar-refractivity contribution in [3.8, 4) is 6.07 Å². The van der Waals surface area contributed by atoms with Crippen molar-refractivity contribution in [2.45, 2.75) is 33.2 Å². The van der Waals surface area contributed by atoms with Crippen molar-refractivity contribution in [3.63, 3.8) is 0 Å². The Balaban J connectivity index is 2.38. The summed E-state index contributed by atoms with van der Waals surface area (Å²) < 4.78 is 5.27. The predicted molar refractivity (Wildman–Crippen MR) is 55.9 cm³/mol. The first-order valence-electron chi connectivity index (χ1n) is 5.24. The molecule has 1 fully saturated rings. The standard InChI is InChI=1S/C11H20N2O/c1-11(2,3)4-5-13-6-7-14-9-10(13)8-12/h10H,4-7,9H2,1-3H3/t10-/m0/s1. The zero-order valence-electron chi connectivity index (χ0n) is 9.42. The monoisotopic (exact) mass is 196 g/mol. The average Bonchev–Trinajstić information content (AvgIpc) is 2.14. The van der Waals surface area contributed by atoms with Crippen molar-refractivity contribution in [1.82, 2.24) is 4.90 Å². The molecule has 0 aliphatic carbocycles. The van der Waals surface area contributed by atoms with E-state index in [0.717, 1.165) is 26.1 Å². The average molecular weight is 196 g/mol. The van der Waals surface area contributed by atoms with Crippen LogP contribution in [-0.4, -0.2) is 37.2 Å². The fraction of sp³-hybridized carbons (Fsp3) is 0.909. The SMILES string of the molecule is CC(C)(C)CCN1CCOC[C@@H]1C#N. The van der Waals surface area contributed by atoms with E-state index in [2.05, 4.69) is 31.7 Å². The highest BCUT2D eigenvalue weighted by Crippen LogP contribution is 2.20. The molecule has 1 saturated heterocycles. The smallest absolute Gasteiger partial charge is 0.121 e. The second-order valence-electron chi connectivity index (χ2n) is 5.07. The van der Waals surface area contributed by atoms with Crippen LogP contribution in [0.15, 0.2) is 0 Å². The number of rotatable bonds is 2. The second kappa shape index (κ2) is 4.77. The molecule has 1 rings (SSSR count). The Hall–Kier alpha value is -0.590. The molecule has 0 saturated carbocycles. The number of nitriles is 1. The van der Waals surface area contributed by atoms with Gasteiger partial charge < -0.3 is 4.74 Å². The molecular weight excluding hydrogens is 176 g/mol. The Morgan fingerprint density at radius 3 is 2.79 bits per heavy atom. The molecule has 3 nitrogen and oxygen atoms in total. The summed E-state index contributed by atoms with van der Waals surface area (Å²) in [5.74, 6) is 0. The lowest BCUT2D eigenvalue weighted by atomic mass is 9.92. The molecular formula is C11H20N2O. The Morgan fingerprint density at radius 2 is 2.21 bits per heavy atom. The quantitative estimate of drug-likeness (QED) is 0.673. The van der Waals surface area contributed by atoms with Gasteiger partial charge in [-0.2, -0.15) is 5.26 Å². The number of hydrogen-bond acceptors (Lipinski definition) is 3. The second-order valence-corrected chi connectivity index (χ2v) is 5.07. The minimum atomic E-state index is -0.0360. The Kier molecular flexibility index (Phi) is 3.91. The Morgan fingerprint density at radius 1 is 1.50 bits per heavy atom. The van der Waals surface area contributed by atoms with E-state index in [1.807, 2.05) is 0 Å². The fourth-order valence-corrected chi connectivity index (χ4v) is 1.50. The van der Waals surface area contributed by atoms with Crippen molar-refractivity contribution >= 4 is 0 Å². The van der Waals surface area contributed by atoms with Gasteiger partial charge in [-0.05, 0) is 11.8 Å². The summed E-state index contributed by atoms with van der Waals surface area (Å²) in [6.45, 7) is 9.93. The molecule has 0 spiro atoms. The normalized spacial score (nSPS) is 24.6. The van der Waals surface area contributed by atoms with Gasteiger partial charge in [-0.1, -0.05) is 20.8 Å². The van der Waals surface area contributed by atoms with Gasteiger partial charge in [-0.15, -0.1) is 0 Å². The third-order valence-corrected chi connectivity index (χ3v) is 2.54. The molecule has 0 aromatic heterocycles. The zero-order chi connectivity index (χ0) is 10.6. The van der Waals surface area contributed by atoms with Crippen LogP contribution in [0.4, 0.5) is 0 Å². The van der Waals surface area contributed by atoms with Crippen LogP contribution in [0.25, 0.3) is 0 Å². The molecule has 1 heterocycles. The van der Waals surface area contributed by atoms with Gasteiger partial charge >= 0.3 is 0 Å². The molecule has 1 atom stereocenters. The molecule has 0 bridgehead atoms. The van der Waals surface area contributed by atoms with Gasteiger partial charge in [0.2, 0.25) is 0 Å². The minimum absolute atomic E-state index is 0.0360. The summed E-state index contributed by atoms with van der Waals surface area (Å²) in [6, 6.07) is 2.26. The molecule has 0 aromatic carbocycles. The van der Waals surface area contributed by atoms with E-state index in [4.69, 9.17) is 10.00 Å². The lowest BCUT2D eigenvalue weighted by molar-refractivity contribution is 0.00865. The third kappa shape index (κ3) is 3.65. The van der Waals surface area contributed by atoms with Crippen molar-refractivity contribution in [3.05, 3.63) is 0 Å². The third-order valence-electron chi connectivity index (χ3n) is 2.54. The van der Waals surface area contributed by atoms with Crippen LogP contribution >= 0.6 is 0 Å². The fourth-order valence-electron chi connectivity index (χ4n) is 1.50. The molecule has 0 unspecified atom stereocenters. The van der Waals surface area contributed by atoms with Gasteiger partial charge in [0, 0.05) is 13.1 Å². The number of nitrogens with zero attached hydrogens (tertiary/aromatic N) is 2. The summed E-state index contributed by atoms with van der Waals surface area (Å²) in [7, 11) is 0. The first kappa shape index (κ1) is 11.5. The van der Waals surface area contributed by atoms with E-state index in [1.165, 1.54) is 0 Å². The summed E-state index contributed by atoms with van der Waals surface area (Å²) in [4.78, 5) is 2.23. The van der Waals surface area contributed by atoms with E-state index >= 15 is 0 Å². The van der Waals surface area contributed by atoms with Gasteiger partial charge in [-0.25, -0.2) is 0 Å². The molecule has 0 radical (unpaired) electrons. The molecule has 80 valence electrons. The highest BCUT2D eigenvalue weighted by atomic mass is 16.5. The van der Waals surface area contributed by atoms with Gasteiger partial charge in [0.15, 0.2) is 0 Å². The lowest BCUT2D eigenvalue weighted by Gasteiger charge is -2.33. The summed E-state index contributed by atoms with van der Waals surface area (Å²) in [5.41, 5.74) is 0.346. The van der Waals surface area contributed by atoms with E-state index in [1.54, 1.807) is 0 Å². The maximum atomic E-state index is 8.92. The van der Waals surface area contributed by atoms with Gasteiger partial charge in [0.1, 0.15) is 6.04 Å². The van der Waals surface area contributed by atoms with E-state index < -0.39 is 0 Å². The maximum absolute atomic E-state index is 8.92. The number of hydrogen-bond donors (Lipinski definition) is 0. The van der Waals surface area contributed by atoms with Crippen LogP contribution in [0, 0.1) is 16.7 Å². The highest BCUT2D eigenvalue weighted by molar-refractivity contribution is 4.93. The van der Waals surface area contributed by atoms with Crippen LogP contribution in [0.5, 0.6) is 0 Å². The molecule has 14 heavy (non-hydrogen) atoms. The maximum Gasteiger partial charge on any atom is 0.121 e. The van der Waals surface area contributed by atoms with Crippen LogP contribution in [-0.2, 0) is 4.74 Å².